The number of hydrogen-bond acceptors (Lipinski definition) is 3. The van der Waals surface area contributed by atoms with Crippen molar-refractivity contribution in [2.24, 2.45) is 5.92 Å². The minimum atomic E-state index is 0.462. The van der Waals surface area contributed by atoms with Gasteiger partial charge in [-0.3, -0.25) is 0 Å². The van der Waals surface area contributed by atoms with Gasteiger partial charge in [-0.1, -0.05) is 15.9 Å². The first-order valence-corrected chi connectivity index (χ1v) is 8.76. The van der Waals surface area contributed by atoms with Gasteiger partial charge in [0.25, 0.3) is 0 Å². The highest BCUT2D eigenvalue weighted by atomic mass is 79.9. The normalized spacial score (nSPS) is 20.5. The van der Waals surface area contributed by atoms with Crippen molar-refractivity contribution in [1.82, 2.24) is 0 Å². The Morgan fingerprint density at radius 2 is 2.00 bits per heavy atom. The molecule has 1 aromatic rings. The summed E-state index contributed by atoms with van der Waals surface area (Å²) in [6.45, 7) is 1.85. The van der Waals surface area contributed by atoms with Crippen LogP contribution in [0, 0.1) is 5.92 Å². The summed E-state index contributed by atoms with van der Waals surface area (Å²) in [7, 11) is 0. The minimum absolute atomic E-state index is 0.462. The van der Waals surface area contributed by atoms with Gasteiger partial charge in [0.1, 0.15) is 5.75 Å². The molecule has 19 heavy (non-hydrogen) atoms. The Balaban J connectivity index is 1.62. The highest BCUT2D eigenvalue weighted by molar-refractivity contribution is 9.10. The molecule has 2 nitrogen and oxygen atoms in total. The van der Waals surface area contributed by atoms with E-state index in [0.29, 0.717) is 6.10 Å². The zero-order chi connectivity index (χ0) is 13.1. The largest absolute Gasteiger partial charge is 0.489 e. The van der Waals surface area contributed by atoms with Crippen molar-refractivity contribution in [2.75, 3.05) is 19.0 Å². The van der Waals surface area contributed by atoms with E-state index in [1.165, 1.54) is 36.3 Å². The second-order valence-electron chi connectivity index (χ2n) is 5.28. The van der Waals surface area contributed by atoms with Gasteiger partial charge in [0.05, 0.1) is 11.0 Å². The first-order chi connectivity index (χ1) is 9.31. The zero-order valence-corrected chi connectivity index (χ0v) is 13.3. The Morgan fingerprint density at radius 3 is 2.74 bits per heavy atom. The first-order valence-electron chi connectivity index (χ1n) is 6.98. The van der Waals surface area contributed by atoms with Gasteiger partial charge in [0.15, 0.2) is 0 Å². The molecule has 1 aliphatic carbocycles. The number of ether oxygens (including phenoxy) is 2. The van der Waals surface area contributed by atoms with Gasteiger partial charge in [0, 0.05) is 23.4 Å². The number of hydrogen-bond donors (Lipinski definition) is 0. The van der Waals surface area contributed by atoms with E-state index in [1.54, 1.807) is 0 Å². The molecule has 0 spiro atoms. The second kappa shape index (κ2) is 6.51. The molecular weight excluding hydrogens is 324 g/mol. The van der Waals surface area contributed by atoms with Crippen LogP contribution in [-0.2, 0) is 4.74 Å². The lowest BCUT2D eigenvalue weighted by Gasteiger charge is -2.22. The topological polar surface area (TPSA) is 18.5 Å². The smallest absolute Gasteiger partial charge is 0.133 e. The Labute approximate surface area is 127 Å². The molecule has 0 N–H and O–H groups in total. The summed E-state index contributed by atoms with van der Waals surface area (Å²) in [5.41, 5.74) is 0. The highest BCUT2D eigenvalue weighted by Gasteiger charge is 2.25. The van der Waals surface area contributed by atoms with Gasteiger partial charge in [0.2, 0.25) is 0 Å². The van der Waals surface area contributed by atoms with Crippen molar-refractivity contribution in [2.45, 2.75) is 36.7 Å². The average Bonchev–Trinajstić information content (AvgIpc) is 3.24. The third-order valence-electron chi connectivity index (χ3n) is 3.54. The van der Waals surface area contributed by atoms with Gasteiger partial charge in [-0.2, -0.15) is 0 Å². The molecule has 1 aromatic carbocycles. The molecule has 2 aliphatic rings. The summed E-state index contributed by atoms with van der Waals surface area (Å²) in [6, 6.07) is 6.34. The molecule has 3 rings (SSSR count). The maximum Gasteiger partial charge on any atom is 0.133 e. The molecule has 0 unspecified atom stereocenters. The summed E-state index contributed by atoms with van der Waals surface area (Å²) in [5, 5.41) is 0. The van der Waals surface area contributed by atoms with Crippen molar-refractivity contribution in [1.29, 1.82) is 0 Å². The van der Waals surface area contributed by atoms with Crippen LogP contribution in [0.2, 0.25) is 0 Å². The predicted molar refractivity (Wildman–Crippen MR) is 82.1 cm³/mol. The van der Waals surface area contributed by atoms with Crippen molar-refractivity contribution < 1.29 is 9.47 Å². The minimum Gasteiger partial charge on any atom is -0.489 e. The molecule has 0 aromatic heterocycles. The maximum absolute atomic E-state index is 5.98. The van der Waals surface area contributed by atoms with Gasteiger partial charge in [-0.25, -0.2) is 0 Å². The fourth-order valence-corrected chi connectivity index (χ4v) is 3.91. The molecule has 2 fully saturated rings. The number of rotatable bonds is 5. The molecule has 0 amide bonds. The lowest BCUT2D eigenvalue weighted by atomic mass is 10.0. The van der Waals surface area contributed by atoms with E-state index in [-0.39, 0.29) is 0 Å². The summed E-state index contributed by atoms with van der Waals surface area (Å²) < 4.78 is 12.5. The predicted octanol–water partition coefficient (Wildman–Crippen LogP) is 4.51. The lowest BCUT2D eigenvalue weighted by Crippen LogP contribution is -2.17. The van der Waals surface area contributed by atoms with Crippen molar-refractivity contribution in [3.63, 3.8) is 0 Å². The number of thioether (sulfide) groups is 1. The van der Waals surface area contributed by atoms with Crippen molar-refractivity contribution in [3.05, 3.63) is 22.7 Å². The van der Waals surface area contributed by atoms with Crippen LogP contribution in [0.3, 0.4) is 0 Å². The molecule has 0 atom stereocenters. The fraction of sp³-hybridized carbons (Fsp3) is 0.600. The van der Waals surface area contributed by atoms with E-state index in [4.69, 9.17) is 9.47 Å². The maximum atomic E-state index is 5.98. The fourth-order valence-electron chi connectivity index (χ4n) is 2.18. The average molecular weight is 343 g/mol. The quantitative estimate of drug-likeness (QED) is 0.733. The van der Waals surface area contributed by atoms with Crippen molar-refractivity contribution >= 4 is 27.7 Å². The van der Waals surface area contributed by atoms with Crippen LogP contribution in [0.25, 0.3) is 0 Å². The van der Waals surface area contributed by atoms with E-state index in [2.05, 4.69) is 34.1 Å². The van der Waals surface area contributed by atoms with Crippen LogP contribution < -0.4 is 4.74 Å². The van der Waals surface area contributed by atoms with E-state index >= 15 is 0 Å². The van der Waals surface area contributed by atoms with Gasteiger partial charge in [-0.05, 0) is 49.8 Å². The summed E-state index contributed by atoms with van der Waals surface area (Å²) in [4.78, 5) is 1.27. The molecule has 1 saturated carbocycles. The summed E-state index contributed by atoms with van der Waals surface area (Å²) in [5.74, 6) is 3.01. The Hall–Kier alpha value is -0.190. The molecule has 104 valence electrons. The van der Waals surface area contributed by atoms with Crippen LogP contribution in [0.4, 0.5) is 0 Å². The molecular formula is C15H19BrO2S. The summed E-state index contributed by atoms with van der Waals surface area (Å²) >= 11 is 5.48. The third kappa shape index (κ3) is 4.14. The monoisotopic (exact) mass is 342 g/mol. The van der Waals surface area contributed by atoms with Crippen LogP contribution in [0.5, 0.6) is 5.75 Å². The van der Waals surface area contributed by atoms with Crippen LogP contribution >= 0.6 is 27.7 Å². The Morgan fingerprint density at radius 1 is 1.21 bits per heavy atom. The third-order valence-corrected chi connectivity index (χ3v) is 5.30. The molecule has 4 heteroatoms. The van der Waals surface area contributed by atoms with E-state index in [0.717, 1.165) is 29.4 Å². The van der Waals surface area contributed by atoms with Gasteiger partial charge >= 0.3 is 0 Å². The number of benzene rings is 1. The van der Waals surface area contributed by atoms with Crippen LogP contribution in [0.1, 0.15) is 25.7 Å². The lowest BCUT2D eigenvalue weighted by molar-refractivity contribution is 0.0728. The highest BCUT2D eigenvalue weighted by Crippen LogP contribution is 2.37. The SMILES string of the molecule is Brc1ccc(OC2CC2)c(SCC2CCOCC2)c1. The number of halogens is 1. The van der Waals surface area contributed by atoms with E-state index in [9.17, 15) is 0 Å². The van der Waals surface area contributed by atoms with Gasteiger partial charge in [-0.15, -0.1) is 11.8 Å². The zero-order valence-electron chi connectivity index (χ0n) is 10.9. The van der Waals surface area contributed by atoms with Crippen LogP contribution in [-0.4, -0.2) is 25.1 Å². The standard InChI is InChI=1S/C15H19BrO2S/c16-12-1-4-14(18-13-2-3-13)15(9-12)19-10-11-5-7-17-8-6-11/h1,4,9,11,13H,2-3,5-8,10H2. The van der Waals surface area contributed by atoms with Crippen LogP contribution in [0.15, 0.2) is 27.6 Å². The molecule has 1 saturated heterocycles. The van der Waals surface area contributed by atoms with E-state index in [1.807, 2.05) is 11.8 Å². The van der Waals surface area contributed by atoms with E-state index < -0.39 is 0 Å². The first kappa shape index (κ1) is 13.8. The molecule has 0 bridgehead atoms. The molecule has 1 heterocycles. The van der Waals surface area contributed by atoms with Crippen molar-refractivity contribution in [3.8, 4) is 5.75 Å². The molecule has 1 aliphatic heterocycles. The molecule has 0 radical (unpaired) electrons. The summed E-state index contributed by atoms with van der Waals surface area (Å²) in [6.07, 6.45) is 5.27. The Bertz CT molecular complexity index is 428. The second-order valence-corrected chi connectivity index (χ2v) is 7.25. The Kier molecular flexibility index (Phi) is 4.72. The van der Waals surface area contributed by atoms with Gasteiger partial charge < -0.3 is 9.47 Å².